The zero-order chi connectivity index (χ0) is 22.7. The van der Waals surface area contributed by atoms with Gasteiger partial charge in [0.25, 0.3) is 5.91 Å². The molecule has 0 aromatic heterocycles. The molecule has 1 aliphatic heterocycles. The van der Waals surface area contributed by atoms with Crippen LogP contribution >= 0.6 is 0 Å². The third-order valence-corrected chi connectivity index (χ3v) is 7.63. The molecule has 0 radical (unpaired) electrons. The molecule has 32 heavy (non-hydrogen) atoms. The minimum atomic E-state index is 0.0934. The Kier molecular flexibility index (Phi) is 6.90. The molecular weight excluding hydrogens is 396 g/mol. The first-order chi connectivity index (χ1) is 15.4. The molecule has 2 aromatic rings. The first-order valence-corrected chi connectivity index (χ1v) is 12.1. The van der Waals surface area contributed by atoms with E-state index in [0.717, 1.165) is 56.6 Å². The van der Waals surface area contributed by atoms with E-state index in [0.29, 0.717) is 11.8 Å². The summed E-state index contributed by atoms with van der Waals surface area (Å²) in [5.74, 6) is 2.15. The minimum Gasteiger partial charge on any atom is -0.497 e. The Labute approximate surface area is 193 Å². The van der Waals surface area contributed by atoms with Gasteiger partial charge in [-0.15, -0.1) is 0 Å². The Morgan fingerprint density at radius 3 is 2.66 bits per heavy atom. The average Bonchev–Trinajstić information content (AvgIpc) is 2.82. The van der Waals surface area contributed by atoms with Gasteiger partial charge in [0.15, 0.2) is 0 Å². The van der Waals surface area contributed by atoms with Crippen LogP contribution in [-0.2, 0) is 5.41 Å². The van der Waals surface area contributed by atoms with E-state index in [2.05, 4.69) is 48.9 Å². The highest BCUT2D eigenvalue weighted by atomic mass is 16.5. The number of methoxy groups -OCH3 is 1. The van der Waals surface area contributed by atoms with Crippen molar-refractivity contribution in [3.63, 3.8) is 0 Å². The van der Waals surface area contributed by atoms with Gasteiger partial charge >= 0.3 is 0 Å². The number of ether oxygens (including phenoxy) is 1. The average molecular weight is 435 g/mol. The number of carbonyl (C=O) groups is 1. The lowest BCUT2D eigenvalue weighted by atomic mass is 9.57. The van der Waals surface area contributed by atoms with Crippen molar-refractivity contribution in [2.75, 3.05) is 33.8 Å². The maximum atomic E-state index is 13.6. The van der Waals surface area contributed by atoms with Crippen LogP contribution in [0, 0.1) is 11.8 Å². The Bertz CT molecular complexity index is 913. The van der Waals surface area contributed by atoms with Crippen molar-refractivity contribution in [2.24, 2.45) is 11.8 Å². The maximum Gasteiger partial charge on any atom is 0.254 e. The fourth-order valence-corrected chi connectivity index (χ4v) is 6.02. The quantitative estimate of drug-likeness (QED) is 0.624. The minimum absolute atomic E-state index is 0.0934. The number of rotatable bonds is 6. The van der Waals surface area contributed by atoms with Gasteiger partial charge in [-0.2, -0.15) is 0 Å². The summed E-state index contributed by atoms with van der Waals surface area (Å²) in [6.07, 6.45) is 4.40. The number of benzene rings is 2. The Balaban J connectivity index is 1.69. The number of piperidine rings is 1. The summed E-state index contributed by atoms with van der Waals surface area (Å²) in [6, 6.07) is 18.8. The molecule has 2 fully saturated rings. The maximum absolute atomic E-state index is 13.6. The molecule has 3 atom stereocenters. The second kappa shape index (κ2) is 9.66. The number of fused-ring (bicyclic) bond motifs is 1. The van der Waals surface area contributed by atoms with Crippen LogP contribution < -0.4 is 4.74 Å². The van der Waals surface area contributed by atoms with Gasteiger partial charge in [-0.05, 0) is 80.9 Å². The van der Waals surface area contributed by atoms with Crippen LogP contribution in [0.2, 0.25) is 0 Å². The van der Waals surface area contributed by atoms with E-state index in [4.69, 9.17) is 4.74 Å². The van der Waals surface area contributed by atoms with E-state index in [1.807, 2.05) is 36.4 Å². The van der Waals surface area contributed by atoms with Crippen LogP contribution in [0.4, 0.5) is 0 Å². The molecule has 0 bridgehead atoms. The van der Waals surface area contributed by atoms with E-state index in [9.17, 15) is 4.79 Å². The summed E-state index contributed by atoms with van der Waals surface area (Å²) in [5.41, 5.74) is 2.28. The van der Waals surface area contributed by atoms with Gasteiger partial charge in [-0.3, -0.25) is 4.79 Å². The molecule has 4 heteroatoms. The molecular formula is C28H38N2O2. The summed E-state index contributed by atoms with van der Waals surface area (Å²) in [7, 11) is 3.99. The van der Waals surface area contributed by atoms with Gasteiger partial charge in [-0.25, -0.2) is 0 Å². The second-order valence-corrected chi connectivity index (χ2v) is 10.2. The Hall–Kier alpha value is -2.33. The predicted octanol–water partition coefficient (Wildman–Crippen LogP) is 5.24. The van der Waals surface area contributed by atoms with E-state index in [1.165, 1.54) is 5.56 Å². The molecule has 2 aliphatic rings. The van der Waals surface area contributed by atoms with Crippen LogP contribution in [0.25, 0.3) is 0 Å². The lowest BCUT2D eigenvalue weighted by Gasteiger charge is -2.54. The summed E-state index contributed by atoms with van der Waals surface area (Å²) >= 11 is 0. The van der Waals surface area contributed by atoms with Crippen LogP contribution in [0.15, 0.2) is 54.6 Å². The summed E-state index contributed by atoms with van der Waals surface area (Å²) in [6.45, 7) is 7.45. The number of amides is 1. The molecule has 1 amide bonds. The third-order valence-electron chi connectivity index (χ3n) is 7.63. The van der Waals surface area contributed by atoms with Crippen molar-refractivity contribution in [3.8, 4) is 5.75 Å². The Morgan fingerprint density at radius 2 is 1.94 bits per heavy atom. The van der Waals surface area contributed by atoms with Crippen molar-refractivity contribution < 1.29 is 9.53 Å². The largest absolute Gasteiger partial charge is 0.497 e. The molecule has 0 spiro atoms. The van der Waals surface area contributed by atoms with Gasteiger partial charge in [0, 0.05) is 30.1 Å². The van der Waals surface area contributed by atoms with Gasteiger partial charge < -0.3 is 14.5 Å². The highest BCUT2D eigenvalue weighted by Crippen LogP contribution is 2.50. The highest BCUT2D eigenvalue weighted by Gasteiger charge is 2.49. The first-order valence-electron chi connectivity index (χ1n) is 12.1. The number of likely N-dealkylation sites (tertiary alicyclic amines) is 1. The highest BCUT2D eigenvalue weighted by molar-refractivity contribution is 5.94. The van der Waals surface area contributed by atoms with E-state index in [1.54, 1.807) is 7.11 Å². The Morgan fingerprint density at radius 1 is 1.16 bits per heavy atom. The predicted molar refractivity (Wildman–Crippen MR) is 130 cm³/mol. The molecule has 1 saturated carbocycles. The van der Waals surface area contributed by atoms with Gasteiger partial charge in [-0.1, -0.05) is 44.2 Å². The molecule has 1 heterocycles. The molecule has 1 saturated heterocycles. The van der Waals surface area contributed by atoms with E-state index >= 15 is 0 Å². The zero-order valence-electron chi connectivity index (χ0n) is 20.1. The molecule has 4 nitrogen and oxygen atoms in total. The van der Waals surface area contributed by atoms with Gasteiger partial charge in [0.2, 0.25) is 0 Å². The fourth-order valence-electron chi connectivity index (χ4n) is 6.02. The topological polar surface area (TPSA) is 32.8 Å². The molecule has 4 rings (SSSR count). The lowest BCUT2D eigenvalue weighted by molar-refractivity contribution is 0.0170. The van der Waals surface area contributed by atoms with Crippen LogP contribution in [0.1, 0.15) is 55.5 Å². The van der Waals surface area contributed by atoms with Crippen molar-refractivity contribution in [1.29, 1.82) is 0 Å². The van der Waals surface area contributed by atoms with Crippen LogP contribution in [0.5, 0.6) is 5.75 Å². The summed E-state index contributed by atoms with van der Waals surface area (Å²) < 4.78 is 5.59. The number of carbonyl (C=O) groups excluding carboxylic acids is 1. The normalized spacial score (nSPS) is 25.9. The van der Waals surface area contributed by atoms with Crippen molar-refractivity contribution in [3.05, 3.63) is 65.7 Å². The SMILES string of the molecule is COc1cccc([C@@]23CCN(C)C[C@H]2CC[C@@H](N(CC(C)C)C(=O)c2ccccc2)C3)c1. The van der Waals surface area contributed by atoms with E-state index < -0.39 is 0 Å². The van der Waals surface area contributed by atoms with Crippen molar-refractivity contribution in [1.82, 2.24) is 9.80 Å². The standard InChI is InChI=1S/C28H38N2O2/c1-21(2)19-30(27(31)22-9-6-5-7-10-22)25-14-13-24-20-29(3)16-15-28(24,18-25)23-11-8-12-26(17-23)32-4/h5-12,17,21,24-25H,13-16,18-20H2,1-4H3/t24-,25-,28+/m1/s1. The molecule has 2 aromatic carbocycles. The third kappa shape index (κ3) is 4.56. The van der Waals surface area contributed by atoms with E-state index in [-0.39, 0.29) is 17.4 Å². The molecule has 0 unspecified atom stereocenters. The molecule has 0 N–H and O–H groups in total. The smallest absolute Gasteiger partial charge is 0.254 e. The second-order valence-electron chi connectivity index (χ2n) is 10.2. The summed E-state index contributed by atoms with van der Waals surface area (Å²) in [4.78, 5) is 18.3. The first kappa shape index (κ1) is 22.8. The molecule has 1 aliphatic carbocycles. The van der Waals surface area contributed by atoms with Crippen molar-refractivity contribution in [2.45, 2.75) is 51.0 Å². The van der Waals surface area contributed by atoms with Gasteiger partial charge in [0.05, 0.1) is 7.11 Å². The summed E-state index contributed by atoms with van der Waals surface area (Å²) in [5, 5.41) is 0. The lowest BCUT2D eigenvalue weighted by Crippen LogP contribution is -2.56. The number of hydrogen-bond acceptors (Lipinski definition) is 3. The van der Waals surface area contributed by atoms with Crippen molar-refractivity contribution >= 4 is 5.91 Å². The number of nitrogens with zero attached hydrogens (tertiary/aromatic N) is 2. The number of hydrogen-bond donors (Lipinski definition) is 0. The zero-order valence-corrected chi connectivity index (χ0v) is 20.1. The fraction of sp³-hybridized carbons (Fsp3) is 0.536. The monoisotopic (exact) mass is 434 g/mol. The van der Waals surface area contributed by atoms with Gasteiger partial charge in [0.1, 0.15) is 5.75 Å². The van der Waals surface area contributed by atoms with Crippen LogP contribution in [0.3, 0.4) is 0 Å². The molecule has 172 valence electrons. The van der Waals surface area contributed by atoms with Crippen LogP contribution in [-0.4, -0.2) is 55.5 Å².